The molecule has 1 heterocycles. The van der Waals surface area contributed by atoms with Crippen molar-refractivity contribution in [1.82, 2.24) is 5.32 Å². The molecule has 2 nitrogen and oxygen atoms in total. The molecule has 0 aromatic heterocycles. The zero-order valence-electron chi connectivity index (χ0n) is 9.93. The third kappa shape index (κ3) is 2.99. The van der Waals surface area contributed by atoms with E-state index in [-0.39, 0.29) is 5.82 Å². The van der Waals surface area contributed by atoms with Gasteiger partial charge in [-0.05, 0) is 50.4 Å². The number of nitrogens with one attached hydrogen (secondary N) is 1. The fourth-order valence-corrected chi connectivity index (χ4v) is 2.78. The molecular weight excluding hydrogens is 285 g/mol. The summed E-state index contributed by atoms with van der Waals surface area (Å²) in [6.45, 7) is 2.06. The van der Waals surface area contributed by atoms with Gasteiger partial charge in [-0.3, -0.25) is 0 Å². The Morgan fingerprint density at radius 1 is 1.53 bits per heavy atom. The van der Waals surface area contributed by atoms with Crippen LogP contribution in [0.2, 0.25) is 0 Å². The van der Waals surface area contributed by atoms with Gasteiger partial charge in [-0.2, -0.15) is 0 Å². The molecule has 0 aliphatic carbocycles. The molecule has 17 heavy (non-hydrogen) atoms. The molecule has 2 rings (SSSR count). The molecule has 0 saturated carbocycles. The van der Waals surface area contributed by atoms with Crippen molar-refractivity contribution < 1.29 is 9.13 Å². The highest BCUT2D eigenvalue weighted by Crippen LogP contribution is 2.30. The molecule has 4 heteroatoms. The summed E-state index contributed by atoms with van der Waals surface area (Å²) in [5.74, 6) is 0.612. The Bertz CT molecular complexity index is 391. The lowest BCUT2D eigenvalue weighted by molar-refractivity contribution is 0.360. The van der Waals surface area contributed by atoms with Crippen LogP contribution in [0.15, 0.2) is 16.6 Å². The van der Waals surface area contributed by atoms with Gasteiger partial charge in [-0.1, -0.05) is 15.9 Å². The van der Waals surface area contributed by atoms with Gasteiger partial charge in [0.25, 0.3) is 0 Å². The second-order valence-corrected chi connectivity index (χ2v) is 5.31. The number of hydrogen-bond donors (Lipinski definition) is 1. The quantitative estimate of drug-likeness (QED) is 0.926. The van der Waals surface area contributed by atoms with Crippen LogP contribution in [0.5, 0.6) is 5.75 Å². The van der Waals surface area contributed by atoms with Crippen LogP contribution in [0.3, 0.4) is 0 Å². The van der Waals surface area contributed by atoms with Crippen LogP contribution < -0.4 is 10.1 Å². The minimum atomic E-state index is -0.229. The first-order chi connectivity index (χ1) is 8.22. The first kappa shape index (κ1) is 12.8. The van der Waals surface area contributed by atoms with E-state index in [1.165, 1.54) is 13.5 Å². The molecule has 1 atom stereocenters. The van der Waals surface area contributed by atoms with Crippen molar-refractivity contribution in [1.29, 1.82) is 0 Å². The molecule has 1 fully saturated rings. The maximum absolute atomic E-state index is 14.1. The first-order valence-corrected chi connectivity index (χ1v) is 6.73. The van der Waals surface area contributed by atoms with Gasteiger partial charge in [0.1, 0.15) is 0 Å². The SMILES string of the molecule is COc1ccc(Br)c(CC2CCCNC2)c1F. The molecular formula is C13H17BrFNO. The molecule has 0 spiro atoms. The standard InChI is InChI=1S/C13H17BrFNO/c1-17-12-5-4-11(14)10(13(12)15)7-9-3-2-6-16-8-9/h4-5,9,16H,2-3,6-8H2,1H3. The van der Waals surface area contributed by atoms with E-state index in [0.717, 1.165) is 36.0 Å². The summed E-state index contributed by atoms with van der Waals surface area (Å²) < 4.78 is 20.0. The first-order valence-electron chi connectivity index (χ1n) is 5.94. The van der Waals surface area contributed by atoms with Crippen molar-refractivity contribution in [3.8, 4) is 5.75 Å². The minimum absolute atomic E-state index is 0.229. The maximum Gasteiger partial charge on any atom is 0.169 e. The number of benzene rings is 1. The molecule has 0 bridgehead atoms. The van der Waals surface area contributed by atoms with E-state index in [9.17, 15) is 4.39 Å². The third-order valence-electron chi connectivity index (χ3n) is 3.26. The molecule has 1 aromatic carbocycles. The van der Waals surface area contributed by atoms with Gasteiger partial charge in [0.15, 0.2) is 11.6 Å². The number of ether oxygens (including phenoxy) is 1. The summed E-state index contributed by atoms with van der Waals surface area (Å²) in [7, 11) is 1.50. The van der Waals surface area contributed by atoms with Crippen LogP contribution in [0.25, 0.3) is 0 Å². The number of halogens is 2. The van der Waals surface area contributed by atoms with Crippen LogP contribution in [-0.4, -0.2) is 20.2 Å². The summed E-state index contributed by atoms with van der Waals surface area (Å²) >= 11 is 3.42. The van der Waals surface area contributed by atoms with Crippen LogP contribution in [-0.2, 0) is 6.42 Å². The zero-order chi connectivity index (χ0) is 12.3. The van der Waals surface area contributed by atoms with Gasteiger partial charge in [0.2, 0.25) is 0 Å². The van der Waals surface area contributed by atoms with Crippen molar-refractivity contribution in [2.75, 3.05) is 20.2 Å². The van der Waals surface area contributed by atoms with E-state index in [4.69, 9.17) is 4.74 Å². The van der Waals surface area contributed by atoms with E-state index in [1.54, 1.807) is 6.07 Å². The van der Waals surface area contributed by atoms with Crippen molar-refractivity contribution in [3.63, 3.8) is 0 Å². The highest BCUT2D eigenvalue weighted by Gasteiger charge is 2.19. The third-order valence-corrected chi connectivity index (χ3v) is 4.01. The van der Waals surface area contributed by atoms with Gasteiger partial charge in [-0.25, -0.2) is 4.39 Å². The number of piperidine rings is 1. The zero-order valence-corrected chi connectivity index (χ0v) is 11.5. The van der Waals surface area contributed by atoms with Gasteiger partial charge in [0.05, 0.1) is 7.11 Å². The molecule has 0 radical (unpaired) electrons. The van der Waals surface area contributed by atoms with Gasteiger partial charge in [0, 0.05) is 10.0 Å². The summed E-state index contributed by atoms with van der Waals surface area (Å²) in [6.07, 6.45) is 3.10. The monoisotopic (exact) mass is 301 g/mol. The van der Waals surface area contributed by atoms with Gasteiger partial charge >= 0.3 is 0 Å². The second-order valence-electron chi connectivity index (χ2n) is 4.46. The Labute approximate surface area is 110 Å². The lowest BCUT2D eigenvalue weighted by Gasteiger charge is -2.23. The Morgan fingerprint density at radius 3 is 3.00 bits per heavy atom. The van der Waals surface area contributed by atoms with Crippen LogP contribution in [0.1, 0.15) is 18.4 Å². The van der Waals surface area contributed by atoms with E-state index < -0.39 is 0 Å². The van der Waals surface area contributed by atoms with Gasteiger partial charge < -0.3 is 10.1 Å². The highest BCUT2D eigenvalue weighted by atomic mass is 79.9. The van der Waals surface area contributed by atoms with Gasteiger partial charge in [-0.15, -0.1) is 0 Å². The van der Waals surface area contributed by atoms with E-state index >= 15 is 0 Å². The molecule has 94 valence electrons. The highest BCUT2D eigenvalue weighted by molar-refractivity contribution is 9.10. The molecule has 1 N–H and O–H groups in total. The average molecular weight is 302 g/mol. The summed E-state index contributed by atoms with van der Waals surface area (Å²) in [5.41, 5.74) is 0.734. The van der Waals surface area contributed by atoms with E-state index in [2.05, 4.69) is 21.2 Å². The van der Waals surface area contributed by atoms with Crippen molar-refractivity contribution >= 4 is 15.9 Å². The Balaban J connectivity index is 2.18. The van der Waals surface area contributed by atoms with Crippen molar-refractivity contribution in [2.24, 2.45) is 5.92 Å². The fourth-order valence-electron chi connectivity index (χ4n) is 2.31. The number of methoxy groups -OCH3 is 1. The van der Waals surface area contributed by atoms with Crippen LogP contribution in [0.4, 0.5) is 4.39 Å². The number of rotatable bonds is 3. The molecule has 1 unspecified atom stereocenters. The van der Waals surface area contributed by atoms with Crippen LogP contribution >= 0.6 is 15.9 Å². The molecule has 1 aliphatic rings. The topological polar surface area (TPSA) is 21.3 Å². The lowest BCUT2D eigenvalue weighted by Crippen LogP contribution is -2.31. The average Bonchev–Trinajstić information content (AvgIpc) is 2.36. The smallest absolute Gasteiger partial charge is 0.169 e. The van der Waals surface area contributed by atoms with Crippen LogP contribution in [0, 0.1) is 11.7 Å². The predicted octanol–water partition coefficient (Wildman–Crippen LogP) is 3.14. The maximum atomic E-state index is 14.1. The number of hydrogen-bond acceptors (Lipinski definition) is 2. The van der Waals surface area contributed by atoms with E-state index in [1.807, 2.05) is 6.07 Å². The predicted molar refractivity (Wildman–Crippen MR) is 69.9 cm³/mol. The van der Waals surface area contributed by atoms with E-state index in [0.29, 0.717) is 11.7 Å². The normalized spacial score (nSPS) is 20.3. The minimum Gasteiger partial charge on any atom is -0.494 e. The largest absolute Gasteiger partial charge is 0.494 e. The lowest BCUT2D eigenvalue weighted by atomic mass is 9.92. The Morgan fingerprint density at radius 2 is 2.35 bits per heavy atom. The Kier molecular flexibility index (Phi) is 4.40. The summed E-state index contributed by atoms with van der Waals surface area (Å²) in [6, 6.07) is 3.51. The summed E-state index contributed by atoms with van der Waals surface area (Å²) in [4.78, 5) is 0. The molecule has 0 amide bonds. The molecule has 1 saturated heterocycles. The summed E-state index contributed by atoms with van der Waals surface area (Å²) in [5, 5.41) is 3.35. The van der Waals surface area contributed by atoms with Crippen molar-refractivity contribution in [2.45, 2.75) is 19.3 Å². The second kappa shape index (κ2) is 5.83. The van der Waals surface area contributed by atoms with Crippen molar-refractivity contribution in [3.05, 3.63) is 28.0 Å². The molecule has 1 aromatic rings. The molecule has 1 aliphatic heterocycles. The fraction of sp³-hybridized carbons (Fsp3) is 0.538. The Hall–Kier alpha value is -0.610.